The van der Waals surface area contributed by atoms with Crippen LogP contribution in [0.4, 0.5) is 5.69 Å². The molecule has 0 amide bonds. The van der Waals surface area contributed by atoms with Gasteiger partial charge in [0.15, 0.2) is 0 Å². The Bertz CT molecular complexity index is 549. The number of pyridine rings is 1. The number of carbonyl (C=O) groups is 1. The quantitative estimate of drug-likeness (QED) is 0.854. The van der Waals surface area contributed by atoms with E-state index >= 15 is 0 Å². The molecule has 20 heavy (non-hydrogen) atoms. The van der Waals surface area contributed by atoms with Crippen molar-refractivity contribution in [3.8, 4) is 0 Å². The number of ketones is 1. The van der Waals surface area contributed by atoms with Gasteiger partial charge in [-0.25, -0.2) is 0 Å². The zero-order valence-electron chi connectivity index (χ0n) is 12.8. The van der Waals surface area contributed by atoms with Crippen LogP contribution in [0.15, 0.2) is 18.5 Å². The zero-order chi connectivity index (χ0) is 14.7. The zero-order valence-corrected chi connectivity index (χ0v) is 12.8. The Hall–Kier alpha value is -1.42. The van der Waals surface area contributed by atoms with E-state index in [1.165, 1.54) is 5.56 Å². The average molecular weight is 273 g/mol. The minimum atomic E-state index is -0.0224. The molecule has 0 aliphatic carbocycles. The lowest BCUT2D eigenvalue weighted by Gasteiger charge is -2.35. The molecular formula is C16H23N3O. The number of aromatic nitrogens is 1. The predicted molar refractivity (Wildman–Crippen MR) is 79.6 cm³/mol. The third-order valence-electron chi connectivity index (χ3n) is 4.88. The molecule has 4 heteroatoms. The van der Waals surface area contributed by atoms with Gasteiger partial charge in [0.25, 0.3) is 0 Å². The van der Waals surface area contributed by atoms with Crippen molar-refractivity contribution in [2.45, 2.75) is 45.8 Å². The van der Waals surface area contributed by atoms with Crippen LogP contribution in [0.1, 0.15) is 39.2 Å². The Kier molecular flexibility index (Phi) is 2.91. The highest BCUT2D eigenvalue weighted by Gasteiger charge is 2.56. The molecule has 1 N–H and O–H groups in total. The normalized spacial score (nSPS) is 32.6. The van der Waals surface area contributed by atoms with Crippen LogP contribution in [-0.4, -0.2) is 34.9 Å². The lowest BCUT2D eigenvalue weighted by Crippen LogP contribution is -2.43. The number of hydrogen-bond acceptors (Lipinski definition) is 4. The van der Waals surface area contributed by atoms with Crippen LogP contribution < -0.4 is 5.32 Å². The molecule has 3 rings (SSSR count). The van der Waals surface area contributed by atoms with E-state index in [1.807, 2.05) is 18.5 Å². The standard InChI is InChI=1S/C16H23N3O/c1-9(20)14-13(16(2,3)4)12-10-8-17-7-6-11(10)18-15(12)19(14)5/h6-8,12-15,18H,1-5H3. The molecule has 0 saturated carbocycles. The van der Waals surface area contributed by atoms with Crippen LogP contribution in [0.25, 0.3) is 0 Å². The van der Waals surface area contributed by atoms with Crippen molar-refractivity contribution in [2.75, 3.05) is 12.4 Å². The van der Waals surface area contributed by atoms with Gasteiger partial charge in [-0.3, -0.25) is 14.7 Å². The molecule has 0 spiro atoms. The van der Waals surface area contributed by atoms with E-state index in [0.29, 0.717) is 11.8 Å². The molecule has 4 atom stereocenters. The van der Waals surface area contributed by atoms with Gasteiger partial charge in [0, 0.05) is 29.6 Å². The predicted octanol–water partition coefficient (Wildman–Crippen LogP) is 2.48. The molecule has 3 heterocycles. The van der Waals surface area contributed by atoms with Crippen molar-refractivity contribution in [2.24, 2.45) is 11.3 Å². The van der Waals surface area contributed by atoms with Crippen LogP contribution in [0.5, 0.6) is 0 Å². The average Bonchev–Trinajstić information content (AvgIpc) is 2.84. The number of nitrogens with one attached hydrogen (secondary N) is 1. The lowest BCUT2D eigenvalue weighted by molar-refractivity contribution is -0.123. The monoisotopic (exact) mass is 273 g/mol. The van der Waals surface area contributed by atoms with Gasteiger partial charge in [0.05, 0.1) is 12.2 Å². The first kappa shape index (κ1) is 13.6. The second-order valence-electron chi connectivity index (χ2n) is 7.19. The van der Waals surface area contributed by atoms with E-state index in [9.17, 15) is 4.79 Å². The van der Waals surface area contributed by atoms with E-state index in [2.05, 4.69) is 43.0 Å². The molecule has 1 saturated heterocycles. The van der Waals surface area contributed by atoms with Gasteiger partial charge in [0.2, 0.25) is 0 Å². The molecule has 2 aliphatic heterocycles. The van der Waals surface area contributed by atoms with Crippen LogP contribution in [-0.2, 0) is 4.79 Å². The largest absolute Gasteiger partial charge is 0.369 e. The number of fused-ring (bicyclic) bond motifs is 3. The molecule has 108 valence electrons. The van der Waals surface area contributed by atoms with Gasteiger partial charge >= 0.3 is 0 Å². The van der Waals surface area contributed by atoms with Crippen LogP contribution in [0.2, 0.25) is 0 Å². The maximum absolute atomic E-state index is 12.2. The first-order valence-corrected chi connectivity index (χ1v) is 7.25. The molecule has 1 aromatic heterocycles. The highest BCUT2D eigenvalue weighted by molar-refractivity contribution is 5.83. The Balaban J connectivity index is 2.11. The third kappa shape index (κ3) is 1.78. The van der Waals surface area contributed by atoms with Gasteiger partial charge < -0.3 is 5.32 Å². The highest BCUT2D eigenvalue weighted by Crippen LogP contribution is 2.54. The van der Waals surface area contributed by atoms with E-state index in [4.69, 9.17) is 0 Å². The Morgan fingerprint density at radius 3 is 2.70 bits per heavy atom. The summed E-state index contributed by atoms with van der Waals surface area (Å²) in [6, 6.07) is 2.01. The number of nitrogens with zero attached hydrogens (tertiary/aromatic N) is 2. The molecule has 0 radical (unpaired) electrons. The number of likely N-dealkylation sites (tertiary alicyclic amines) is 1. The summed E-state index contributed by atoms with van der Waals surface area (Å²) in [5.74, 6) is 0.889. The van der Waals surface area contributed by atoms with Crippen molar-refractivity contribution < 1.29 is 4.79 Å². The first-order chi connectivity index (χ1) is 9.32. The van der Waals surface area contributed by atoms with Crippen LogP contribution in [0.3, 0.4) is 0 Å². The van der Waals surface area contributed by atoms with Gasteiger partial charge in [0.1, 0.15) is 5.78 Å². The van der Waals surface area contributed by atoms with Crippen molar-refractivity contribution in [1.82, 2.24) is 9.88 Å². The number of carbonyl (C=O) groups excluding carboxylic acids is 1. The van der Waals surface area contributed by atoms with E-state index in [1.54, 1.807) is 6.92 Å². The summed E-state index contributed by atoms with van der Waals surface area (Å²) in [6.07, 6.45) is 3.98. The van der Waals surface area contributed by atoms with Crippen molar-refractivity contribution in [1.29, 1.82) is 0 Å². The number of anilines is 1. The minimum Gasteiger partial charge on any atom is -0.369 e. The molecule has 1 aromatic rings. The number of Topliss-reactive ketones (excluding diaryl/α,β-unsaturated/α-hetero) is 1. The van der Waals surface area contributed by atoms with Crippen molar-refractivity contribution in [3.05, 3.63) is 24.0 Å². The number of rotatable bonds is 1. The van der Waals surface area contributed by atoms with Gasteiger partial charge in [-0.05, 0) is 31.4 Å². The molecule has 4 nitrogen and oxygen atoms in total. The third-order valence-corrected chi connectivity index (χ3v) is 4.88. The van der Waals surface area contributed by atoms with Gasteiger partial charge in [-0.15, -0.1) is 0 Å². The van der Waals surface area contributed by atoms with Gasteiger partial charge in [-0.2, -0.15) is 0 Å². The van der Waals surface area contributed by atoms with Crippen LogP contribution in [0, 0.1) is 11.3 Å². The summed E-state index contributed by atoms with van der Waals surface area (Å²) < 4.78 is 0. The van der Waals surface area contributed by atoms with E-state index < -0.39 is 0 Å². The molecule has 0 bridgehead atoms. The second kappa shape index (κ2) is 4.29. The van der Waals surface area contributed by atoms with E-state index in [-0.39, 0.29) is 23.4 Å². The number of hydrogen-bond donors (Lipinski definition) is 1. The first-order valence-electron chi connectivity index (χ1n) is 7.25. The molecular weight excluding hydrogens is 250 g/mol. The van der Waals surface area contributed by atoms with Crippen molar-refractivity contribution >= 4 is 11.5 Å². The fourth-order valence-corrected chi connectivity index (χ4v) is 4.14. The number of likely N-dealkylation sites (N-methyl/N-ethyl adjacent to an activating group) is 1. The van der Waals surface area contributed by atoms with Gasteiger partial charge in [-0.1, -0.05) is 20.8 Å². The SMILES string of the molecule is CC(=O)C1C(C(C)(C)C)C2c3cnccc3NC2N1C. The Morgan fingerprint density at radius 1 is 1.40 bits per heavy atom. The molecule has 1 fully saturated rings. The maximum Gasteiger partial charge on any atom is 0.147 e. The fourth-order valence-electron chi connectivity index (χ4n) is 4.14. The molecule has 4 unspecified atom stereocenters. The second-order valence-corrected chi connectivity index (χ2v) is 7.19. The Labute approximate surface area is 120 Å². The highest BCUT2D eigenvalue weighted by atomic mass is 16.1. The summed E-state index contributed by atoms with van der Waals surface area (Å²) in [5.41, 5.74) is 2.49. The van der Waals surface area contributed by atoms with E-state index in [0.717, 1.165) is 5.69 Å². The smallest absolute Gasteiger partial charge is 0.147 e. The minimum absolute atomic E-state index is 0.0224. The van der Waals surface area contributed by atoms with Crippen molar-refractivity contribution in [3.63, 3.8) is 0 Å². The summed E-state index contributed by atoms with van der Waals surface area (Å²) in [7, 11) is 2.06. The Morgan fingerprint density at radius 2 is 2.10 bits per heavy atom. The summed E-state index contributed by atoms with van der Waals surface area (Å²) in [6.45, 7) is 8.42. The fraction of sp³-hybridized carbons (Fsp3) is 0.625. The lowest BCUT2D eigenvalue weighted by atomic mass is 9.69. The summed E-state index contributed by atoms with van der Waals surface area (Å²) in [4.78, 5) is 18.7. The summed E-state index contributed by atoms with van der Waals surface area (Å²) >= 11 is 0. The topological polar surface area (TPSA) is 45.2 Å². The molecule has 2 aliphatic rings. The summed E-state index contributed by atoms with van der Waals surface area (Å²) in [5, 5.41) is 3.57. The van der Waals surface area contributed by atoms with Crippen LogP contribution >= 0.6 is 0 Å². The molecule has 0 aromatic carbocycles. The maximum atomic E-state index is 12.2.